The van der Waals surface area contributed by atoms with Crippen LogP contribution in [0.5, 0.6) is 5.75 Å². The number of hydrogen-bond acceptors (Lipinski definition) is 3. The molecule has 0 aliphatic rings. The SMILES string of the molecule is CC(C=NNC(=O)c1ccc(OCc2ccc(C)cc2)cc1)=Cc1ccccc1. The molecule has 3 rings (SSSR count). The van der Waals surface area contributed by atoms with E-state index in [0.717, 1.165) is 16.7 Å². The van der Waals surface area contributed by atoms with Gasteiger partial charge in [0, 0.05) is 5.56 Å². The molecular formula is C25H24N2O2. The molecule has 0 saturated heterocycles. The third kappa shape index (κ3) is 6.47. The predicted octanol–water partition coefficient (Wildman–Crippen LogP) is 5.39. The maximum absolute atomic E-state index is 12.2. The Hall–Kier alpha value is -3.66. The van der Waals surface area contributed by atoms with E-state index >= 15 is 0 Å². The van der Waals surface area contributed by atoms with Crippen molar-refractivity contribution < 1.29 is 9.53 Å². The number of carbonyl (C=O) groups is 1. The maximum atomic E-state index is 12.2. The predicted molar refractivity (Wildman–Crippen MR) is 118 cm³/mol. The minimum atomic E-state index is -0.265. The number of rotatable bonds is 7. The second kappa shape index (κ2) is 10.0. The summed E-state index contributed by atoms with van der Waals surface area (Å²) in [5.41, 5.74) is 7.42. The van der Waals surface area contributed by atoms with Crippen molar-refractivity contribution in [2.24, 2.45) is 5.10 Å². The fourth-order valence-corrected chi connectivity index (χ4v) is 2.66. The molecule has 1 amide bonds. The first-order valence-electron chi connectivity index (χ1n) is 9.45. The quantitative estimate of drug-likeness (QED) is 0.438. The van der Waals surface area contributed by atoms with Gasteiger partial charge in [-0.1, -0.05) is 66.2 Å². The molecule has 3 aromatic carbocycles. The highest BCUT2D eigenvalue weighted by molar-refractivity contribution is 5.95. The molecule has 146 valence electrons. The van der Waals surface area contributed by atoms with Crippen molar-refractivity contribution in [1.29, 1.82) is 0 Å². The van der Waals surface area contributed by atoms with Crippen molar-refractivity contribution in [3.8, 4) is 5.75 Å². The van der Waals surface area contributed by atoms with Crippen LogP contribution >= 0.6 is 0 Å². The molecule has 0 heterocycles. The highest BCUT2D eigenvalue weighted by atomic mass is 16.5. The van der Waals surface area contributed by atoms with Crippen LogP contribution in [-0.4, -0.2) is 12.1 Å². The van der Waals surface area contributed by atoms with Gasteiger partial charge in [0.2, 0.25) is 0 Å². The number of nitrogens with zero attached hydrogens (tertiary/aromatic N) is 1. The van der Waals surface area contributed by atoms with Gasteiger partial charge in [-0.05, 0) is 54.8 Å². The summed E-state index contributed by atoms with van der Waals surface area (Å²) in [4.78, 5) is 12.2. The minimum absolute atomic E-state index is 0.265. The van der Waals surface area contributed by atoms with Gasteiger partial charge in [0.1, 0.15) is 12.4 Å². The number of aryl methyl sites for hydroxylation is 1. The highest BCUT2D eigenvalue weighted by Crippen LogP contribution is 2.15. The van der Waals surface area contributed by atoms with Gasteiger partial charge in [-0.15, -0.1) is 0 Å². The van der Waals surface area contributed by atoms with Crippen LogP contribution in [0.15, 0.2) is 89.5 Å². The summed E-state index contributed by atoms with van der Waals surface area (Å²) in [6.45, 7) is 4.48. The van der Waals surface area contributed by atoms with Crippen molar-refractivity contribution in [1.82, 2.24) is 5.43 Å². The van der Waals surface area contributed by atoms with Gasteiger partial charge in [-0.3, -0.25) is 4.79 Å². The van der Waals surface area contributed by atoms with Crippen LogP contribution in [0.3, 0.4) is 0 Å². The van der Waals surface area contributed by atoms with Crippen molar-refractivity contribution in [3.63, 3.8) is 0 Å². The summed E-state index contributed by atoms with van der Waals surface area (Å²) in [5.74, 6) is 0.450. The Morgan fingerprint density at radius 3 is 2.34 bits per heavy atom. The van der Waals surface area contributed by atoms with Crippen molar-refractivity contribution in [2.45, 2.75) is 20.5 Å². The van der Waals surface area contributed by atoms with Crippen LogP contribution in [0, 0.1) is 6.92 Å². The molecule has 0 radical (unpaired) electrons. The molecule has 0 aliphatic heterocycles. The Morgan fingerprint density at radius 2 is 1.66 bits per heavy atom. The first-order valence-corrected chi connectivity index (χ1v) is 9.45. The highest BCUT2D eigenvalue weighted by Gasteiger charge is 2.04. The van der Waals surface area contributed by atoms with Crippen LogP contribution in [0.4, 0.5) is 0 Å². The number of nitrogens with one attached hydrogen (secondary N) is 1. The van der Waals surface area contributed by atoms with Gasteiger partial charge < -0.3 is 4.74 Å². The largest absolute Gasteiger partial charge is 0.489 e. The molecule has 3 aromatic rings. The topological polar surface area (TPSA) is 50.7 Å². The molecular weight excluding hydrogens is 360 g/mol. The lowest BCUT2D eigenvalue weighted by atomic mass is 10.1. The average molecular weight is 384 g/mol. The first kappa shape index (κ1) is 20.1. The molecule has 0 bridgehead atoms. The minimum Gasteiger partial charge on any atom is -0.489 e. The average Bonchev–Trinajstić information content (AvgIpc) is 2.74. The standard InChI is InChI=1S/C25H24N2O2/c1-19-8-10-22(11-9-19)18-29-24-14-12-23(13-15-24)25(28)27-26-17-20(2)16-21-6-4-3-5-7-21/h3-17H,18H2,1-2H3,(H,27,28). The Labute approximate surface area is 171 Å². The van der Waals surface area contributed by atoms with Gasteiger partial charge in [-0.25, -0.2) is 5.43 Å². The molecule has 0 fully saturated rings. The summed E-state index contributed by atoms with van der Waals surface area (Å²) >= 11 is 0. The van der Waals surface area contributed by atoms with E-state index in [2.05, 4.69) is 29.6 Å². The summed E-state index contributed by atoms with van der Waals surface area (Å²) < 4.78 is 5.77. The molecule has 0 unspecified atom stereocenters. The van der Waals surface area contributed by atoms with Gasteiger partial charge in [0.15, 0.2) is 0 Å². The first-order chi connectivity index (χ1) is 14.1. The monoisotopic (exact) mass is 384 g/mol. The van der Waals surface area contributed by atoms with Crippen molar-refractivity contribution in [3.05, 3.63) is 107 Å². The molecule has 0 aromatic heterocycles. The lowest BCUT2D eigenvalue weighted by Crippen LogP contribution is -2.17. The molecule has 1 N–H and O–H groups in total. The zero-order valence-electron chi connectivity index (χ0n) is 16.6. The van der Waals surface area contributed by atoms with E-state index < -0.39 is 0 Å². The van der Waals surface area contributed by atoms with Gasteiger partial charge >= 0.3 is 0 Å². The van der Waals surface area contributed by atoms with Crippen LogP contribution in [0.25, 0.3) is 6.08 Å². The molecule has 0 spiro atoms. The van der Waals surface area contributed by atoms with E-state index in [1.54, 1.807) is 30.5 Å². The van der Waals surface area contributed by atoms with Crippen LogP contribution in [0.2, 0.25) is 0 Å². The Kier molecular flexibility index (Phi) is 6.95. The van der Waals surface area contributed by atoms with E-state index in [4.69, 9.17) is 4.74 Å². The zero-order chi connectivity index (χ0) is 20.5. The molecule has 0 atom stereocenters. The molecule has 4 heteroatoms. The van der Waals surface area contributed by atoms with E-state index in [-0.39, 0.29) is 5.91 Å². The normalized spacial score (nSPS) is 11.4. The number of carbonyl (C=O) groups excluding carboxylic acids is 1. The van der Waals surface area contributed by atoms with E-state index in [1.165, 1.54) is 5.56 Å². The van der Waals surface area contributed by atoms with E-state index in [1.807, 2.05) is 55.5 Å². The summed E-state index contributed by atoms with van der Waals surface area (Å²) in [5, 5.41) is 4.03. The number of ether oxygens (including phenoxy) is 1. The fourth-order valence-electron chi connectivity index (χ4n) is 2.66. The van der Waals surface area contributed by atoms with Gasteiger partial charge in [0.25, 0.3) is 5.91 Å². The zero-order valence-corrected chi connectivity index (χ0v) is 16.6. The van der Waals surface area contributed by atoms with E-state index in [0.29, 0.717) is 17.9 Å². The molecule has 0 saturated carbocycles. The number of hydrazone groups is 1. The van der Waals surface area contributed by atoms with Gasteiger partial charge in [-0.2, -0.15) is 5.10 Å². The molecule has 0 aliphatic carbocycles. The third-order valence-corrected chi connectivity index (χ3v) is 4.27. The Morgan fingerprint density at radius 1 is 0.966 bits per heavy atom. The molecule has 4 nitrogen and oxygen atoms in total. The molecule has 29 heavy (non-hydrogen) atoms. The van der Waals surface area contributed by atoms with Crippen LogP contribution in [-0.2, 0) is 6.61 Å². The second-order valence-electron chi connectivity index (χ2n) is 6.80. The Balaban J connectivity index is 1.50. The van der Waals surface area contributed by atoms with Crippen LogP contribution < -0.4 is 10.2 Å². The lowest BCUT2D eigenvalue weighted by Gasteiger charge is -2.07. The number of hydrogen-bond donors (Lipinski definition) is 1. The fraction of sp³-hybridized carbons (Fsp3) is 0.120. The van der Waals surface area contributed by atoms with Gasteiger partial charge in [0.05, 0.1) is 6.21 Å². The van der Waals surface area contributed by atoms with E-state index in [9.17, 15) is 4.79 Å². The lowest BCUT2D eigenvalue weighted by molar-refractivity contribution is 0.0955. The smallest absolute Gasteiger partial charge is 0.271 e. The number of amides is 1. The summed E-state index contributed by atoms with van der Waals surface area (Å²) in [6.07, 6.45) is 3.62. The van der Waals surface area contributed by atoms with Crippen molar-refractivity contribution >= 4 is 18.2 Å². The number of allylic oxidation sites excluding steroid dienone is 1. The Bertz CT molecular complexity index is 989. The number of benzene rings is 3. The third-order valence-electron chi connectivity index (χ3n) is 4.27. The van der Waals surface area contributed by atoms with Crippen molar-refractivity contribution in [2.75, 3.05) is 0 Å². The maximum Gasteiger partial charge on any atom is 0.271 e. The summed E-state index contributed by atoms with van der Waals surface area (Å²) in [6, 6.07) is 25.2. The summed E-state index contributed by atoms with van der Waals surface area (Å²) in [7, 11) is 0. The van der Waals surface area contributed by atoms with Crippen LogP contribution in [0.1, 0.15) is 34.0 Å². The second-order valence-corrected chi connectivity index (χ2v) is 6.80.